The zero-order chi connectivity index (χ0) is 16.9. The summed E-state index contributed by atoms with van der Waals surface area (Å²) in [7, 11) is 0. The number of benzene rings is 1. The van der Waals surface area contributed by atoms with Crippen LogP contribution < -0.4 is 0 Å². The van der Waals surface area contributed by atoms with Gasteiger partial charge < -0.3 is 9.64 Å². The highest BCUT2D eigenvalue weighted by Gasteiger charge is 2.36. The van der Waals surface area contributed by atoms with Gasteiger partial charge in [-0.05, 0) is 37.3 Å². The lowest BCUT2D eigenvalue weighted by Gasteiger charge is -2.43. The molecule has 1 amide bonds. The number of carbonyl (C=O) groups excluding carboxylic acids is 1. The molecule has 24 heavy (non-hydrogen) atoms. The number of alkyl halides is 1. The molecular weight excluding hydrogens is 307 g/mol. The normalized spacial score (nSPS) is 28.6. The van der Waals surface area contributed by atoms with E-state index in [1.807, 2.05) is 30.3 Å². The number of rotatable bonds is 3. The molecule has 4 nitrogen and oxygen atoms in total. The zero-order valence-corrected chi connectivity index (χ0v) is 14.4. The predicted molar refractivity (Wildman–Crippen MR) is 91.5 cm³/mol. The van der Waals surface area contributed by atoms with E-state index in [0.717, 1.165) is 25.1 Å². The Labute approximate surface area is 143 Å². The van der Waals surface area contributed by atoms with Gasteiger partial charge in [0, 0.05) is 19.1 Å². The maximum atomic E-state index is 14.6. The average Bonchev–Trinajstić information content (AvgIpc) is 2.60. The molecule has 1 aromatic carbocycles. The van der Waals surface area contributed by atoms with Gasteiger partial charge in [-0.15, -0.1) is 0 Å². The summed E-state index contributed by atoms with van der Waals surface area (Å²) >= 11 is 0. The van der Waals surface area contributed by atoms with Crippen LogP contribution in [-0.4, -0.2) is 54.3 Å². The Morgan fingerprint density at radius 2 is 2.00 bits per heavy atom. The van der Waals surface area contributed by atoms with Gasteiger partial charge in [-0.2, -0.15) is 0 Å². The molecule has 2 saturated heterocycles. The zero-order valence-electron chi connectivity index (χ0n) is 14.4. The molecule has 0 N–H and O–H groups in total. The van der Waals surface area contributed by atoms with Crippen molar-refractivity contribution < 1.29 is 13.9 Å². The number of amides is 1. The highest BCUT2D eigenvalue weighted by Crippen LogP contribution is 2.25. The van der Waals surface area contributed by atoms with E-state index in [0.29, 0.717) is 18.9 Å². The van der Waals surface area contributed by atoms with Crippen molar-refractivity contribution in [2.24, 2.45) is 5.92 Å². The van der Waals surface area contributed by atoms with E-state index in [2.05, 4.69) is 11.8 Å². The first-order valence-corrected chi connectivity index (χ1v) is 8.97. The van der Waals surface area contributed by atoms with Crippen molar-refractivity contribution in [3.8, 4) is 0 Å². The van der Waals surface area contributed by atoms with Gasteiger partial charge in [-0.1, -0.05) is 37.3 Å². The number of likely N-dealkylation sites (tertiary alicyclic amines) is 2. The van der Waals surface area contributed by atoms with Crippen LogP contribution in [0.4, 0.5) is 9.18 Å². The van der Waals surface area contributed by atoms with Gasteiger partial charge in [-0.25, -0.2) is 9.18 Å². The quantitative estimate of drug-likeness (QED) is 0.848. The van der Waals surface area contributed by atoms with Crippen molar-refractivity contribution in [3.05, 3.63) is 35.9 Å². The number of hydrogen-bond acceptors (Lipinski definition) is 3. The van der Waals surface area contributed by atoms with Crippen LogP contribution >= 0.6 is 0 Å². The van der Waals surface area contributed by atoms with Crippen LogP contribution in [0.25, 0.3) is 0 Å². The van der Waals surface area contributed by atoms with Gasteiger partial charge in [0.15, 0.2) is 0 Å². The molecule has 132 valence electrons. The topological polar surface area (TPSA) is 32.8 Å². The minimum Gasteiger partial charge on any atom is -0.445 e. The second-order valence-electron chi connectivity index (χ2n) is 7.10. The monoisotopic (exact) mass is 334 g/mol. The highest BCUT2D eigenvalue weighted by molar-refractivity contribution is 5.67. The van der Waals surface area contributed by atoms with Crippen molar-refractivity contribution in [1.82, 2.24) is 9.80 Å². The van der Waals surface area contributed by atoms with E-state index in [-0.39, 0.29) is 19.2 Å². The lowest BCUT2D eigenvalue weighted by Crippen LogP contribution is -2.55. The van der Waals surface area contributed by atoms with Crippen LogP contribution in [0, 0.1) is 5.92 Å². The summed E-state index contributed by atoms with van der Waals surface area (Å²) in [6.07, 6.45) is 1.67. The molecule has 0 saturated carbocycles. The molecular formula is C19H27FN2O2. The molecule has 2 aliphatic heterocycles. The summed E-state index contributed by atoms with van der Waals surface area (Å²) in [5.74, 6) is 0.639. The number of carbonyl (C=O) groups is 1. The predicted octanol–water partition coefficient (Wildman–Crippen LogP) is 3.47. The van der Waals surface area contributed by atoms with Crippen LogP contribution in [-0.2, 0) is 11.3 Å². The number of halogens is 1. The number of ether oxygens (including phenoxy) is 1. The minimum absolute atomic E-state index is 0.0501. The van der Waals surface area contributed by atoms with E-state index in [9.17, 15) is 9.18 Å². The molecule has 0 aromatic heterocycles. The summed E-state index contributed by atoms with van der Waals surface area (Å²) in [6.45, 7) is 5.14. The van der Waals surface area contributed by atoms with Gasteiger partial charge in [0.05, 0.1) is 6.54 Å². The molecule has 0 bridgehead atoms. The molecule has 2 heterocycles. The maximum absolute atomic E-state index is 14.6. The van der Waals surface area contributed by atoms with Gasteiger partial charge in [0.2, 0.25) is 0 Å². The summed E-state index contributed by atoms with van der Waals surface area (Å²) < 4.78 is 20.0. The average molecular weight is 334 g/mol. The van der Waals surface area contributed by atoms with Crippen LogP contribution in [0.1, 0.15) is 31.7 Å². The fourth-order valence-electron chi connectivity index (χ4n) is 3.81. The molecule has 3 rings (SSSR count). The highest BCUT2D eigenvalue weighted by atomic mass is 19.1. The van der Waals surface area contributed by atoms with Crippen molar-refractivity contribution in [3.63, 3.8) is 0 Å². The van der Waals surface area contributed by atoms with Crippen molar-refractivity contribution in [2.45, 2.75) is 45.0 Å². The Morgan fingerprint density at radius 3 is 2.71 bits per heavy atom. The van der Waals surface area contributed by atoms with Crippen LogP contribution in [0.2, 0.25) is 0 Å². The molecule has 2 aliphatic rings. The molecule has 2 fully saturated rings. The Kier molecular flexibility index (Phi) is 5.72. The van der Waals surface area contributed by atoms with Crippen molar-refractivity contribution in [2.75, 3.05) is 26.2 Å². The fourth-order valence-corrected chi connectivity index (χ4v) is 3.81. The Balaban J connectivity index is 1.48. The lowest BCUT2D eigenvalue weighted by molar-refractivity contribution is 0.00981. The largest absolute Gasteiger partial charge is 0.445 e. The van der Waals surface area contributed by atoms with Gasteiger partial charge >= 0.3 is 6.09 Å². The minimum atomic E-state index is -0.992. The van der Waals surface area contributed by atoms with Crippen LogP contribution in [0.3, 0.4) is 0 Å². The smallest absolute Gasteiger partial charge is 0.410 e. The van der Waals surface area contributed by atoms with Crippen LogP contribution in [0.5, 0.6) is 0 Å². The standard InChI is InChI=1S/C19H27FN2O2/c1-15-6-5-10-21(12-15)18-9-11-22(13-17(18)20)19(23)24-14-16-7-3-2-4-8-16/h2-4,7-8,15,17-18H,5-6,9-14H2,1H3/t15-,17?,18?/m1/s1. The summed E-state index contributed by atoms with van der Waals surface area (Å²) in [5.41, 5.74) is 0.944. The molecule has 3 atom stereocenters. The Hall–Kier alpha value is -1.62. The number of nitrogens with zero attached hydrogens (tertiary/aromatic N) is 2. The first kappa shape index (κ1) is 17.2. The summed E-state index contributed by atoms with van der Waals surface area (Å²) in [6, 6.07) is 9.51. The third-order valence-corrected chi connectivity index (χ3v) is 5.13. The van der Waals surface area contributed by atoms with Gasteiger partial charge in [-0.3, -0.25) is 4.90 Å². The van der Waals surface area contributed by atoms with E-state index in [1.54, 1.807) is 0 Å². The fraction of sp³-hybridized carbons (Fsp3) is 0.632. The third kappa shape index (κ3) is 4.26. The maximum Gasteiger partial charge on any atom is 0.410 e. The first-order chi connectivity index (χ1) is 11.6. The molecule has 2 unspecified atom stereocenters. The van der Waals surface area contributed by atoms with Crippen molar-refractivity contribution in [1.29, 1.82) is 0 Å². The van der Waals surface area contributed by atoms with Gasteiger partial charge in [0.1, 0.15) is 12.8 Å². The first-order valence-electron chi connectivity index (χ1n) is 8.97. The number of hydrogen-bond donors (Lipinski definition) is 0. The number of piperidine rings is 2. The van der Waals surface area contributed by atoms with E-state index >= 15 is 0 Å². The van der Waals surface area contributed by atoms with E-state index < -0.39 is 12.3 Å². The van der Waals surface area contributed by atoms with E-state index in [4.69, 9.17) is 4.74 Å². The van der Waals surface area contributed by atoms with Gasteiger partial charge in [0.25, 0.3) is 0 Å². The molecule has 0 spiro atoms. The second kappa shape index (κ2) is 7.97. The SMILES string of the molecule is C[C@@H]1CCCN(C2CCN(C(=O)OCc3ccccc3)CC2F)C1. The lowest BCUT2D eigenvalue weighted by atomic mass is 9.94. The second-order valence-corrected chi connectivity index (χ2v) is 7.10. The Morgan fingerprint density at radius 1 is 1.21 bits per heavy atom. The summed E-state index contributed by atoms with van der Waals surface area (Å²) in [5, 5.41) is 0. The summed E-state index contributed by atoms with van der Waals surface area (Å²) in [4.78, 5) is 16.0. The van der Waals surface area contributed by atoms with Crippen molar-refractivity contribution >= 4 is 6.09 Å². The molecule has 1 aromatic rings. The molecule has 0 radical (unpaired) electrons. The Bertz CT molecular complexity index is 539. The van der Waals surface area contributed by atoms with Crippen LogP contribution in [0.15, 0.2) is 30.3 Å². The van der Waals surface area contributed by atoms with E-state index in [1.165, 1.54) is 11.3 Å². The molecule has 5 heteroatoms. The molecule has 0 aliphatic carbocycles. The third-order valence-electron chi connectivity index (χ3n) is 5.13.